The zero-order chi connectivity index (χ0) is 14.3. The monoisotopic (exact) mass is 287 g/mol. The number of hydrogen-bond donors (Lipinski definition) is 1. The van der Waals surface area contributed by atoms with Gasteiger partial charge in [0.1, 0.15) is 0 Å². The molecule has 1 aromatic carbocycles. The molecule has 1 saturated heterocycles. The molecule has 0 aliphatic carbocycles. The molecule has 0 spiro atoms. The predicted molar refractivity (Wildman–Crippen MR) is 80.2 cm³/mol. The fraction of sp³-hybridized carbons (Fsp3) is 0.500. The molecule has 0 bridgehead atoms. The molecule has 1 aliphatic heterocycles. The van der Waals surface area contributed by atoms with Crippen molar-refractivity contribution in [2.24, 2.45) is 5.92 Å². The quantitative estimate of drug-likeness (QED) is 0.793. The lowest BCUT2D eigenvalue weighted by Crippen LogP contribution is -2.05. The highest BCUT2D eigenvalue weighted by Crippen LogP contribution is 2.16. The molecule has 5 nitrogen and oxygen atoms in total. The fourth-order valence-corrected chi connectivity index (χ4v) is 2.51. The fourth-order valence-electron chi connectivity index (χ4n) is 2.51. The Labute approximate surface area is 124 Å². The van der Waals surface area contributed by atoms with Gasteiger partial charge < -0.3 is 14.6 Å². The van der Waals surface area contributed by atoms with Crippen molar-refractivity contribution in [3.63, 3.8) is 0 Å². The zero-order valence-corrected chi connectivity index (χ0v) is 12.1. The average molecular weight is 287 g/mol. The first-order chi connectivity index (χ1) is 10.4. The summed E-state index contributed by atoms with van der Waals surface area (Å²) in [6.45, 7) is 2.59. The summed E-state index contributed by atoms with van der Waals surface area (Å²) in [5, 5.41) is 7.43. The van der Waals surface area contributed by atoms with E-state index in [-0.39, 0.29) is 0 Å². The van der Waals surface area contributed by atoms with Gasteiger partial charge >= 0.3 is 0 Å². The highest BCUT2D eigenvalue weighted by atomic mass is 16.5. The Morgan fingerprint density at radius 1 is 1.24 bits per heavy atom. The molecule has 112 valence electrons. The van der Waals surface area contributed by atoms with Crippen LogP contribution >= 0.6 is 0 Å². The van der Waals surface area contributed by atoms with E-state index >= 15 is 0 Å². The third kappa shape index (κ3) is 4.29. The molecule has 1 fully saturated rings. The van der Waals surface area contributed by atoms with Crippen molar-refractivity contribution in [3.8, 4) is 0 Å². The first kappa shape index (κ1) is 14.1. The van der Waals surface area contributed by atoms with Crippen LogP contribution in [0.2, 0.25) is 0 Å². The predicted octanol–water partition coefficient (Wildman–Crippen LogP) is 2.69. The van der Waals surface area contributed by atoms with Crippen LogP contribution in [-0.4, -0.2) is 29.9 Å². The standard InChI is InChI=1S/C16H21N3O2/c1-2-5-14(6-3-1)17-9-4-7-16-18-15(19-21-16)11-13-8-10-20-12-13/h1-3,5-6,13,17H,4,7-12H2. The second-order valence-corrected chi connectivity index (χ2v) is 5.43. The molecule has 1 unspecified atom stereocenters. The van der Waals surface area contributed by atoms with E-state index < -0.39 is 0 Å². The van der Waals surface area contributed by atoms with Gasteiger partial charge in [-0.2, -0.15) is 4.98 Å². The first-order valence-electron chi connectivity index (χ1n) is 7.58. The highest BCUT2D eigenvalue weighted by Gasteiger charge is 2.18. The molecular formula is C16H21N3O2. The summed E-state index contributed by atoms with van der Waals surface area (Å²) in [4.78, 5) is 4.46. The number of para-hydroxylation sites is 1. The van der Waals surface area contributed by atoms with Gasteiger partial charge in [0.2, 0.25) is 5.89 Å². The lowest BCUT2D eigenvalue weighted by molar-refractivity contribution is 0.185. The van der Waals surface area contributed by atoms with E-state index in [9.17, 15) is 0 Å². The van der Waals surface area contributed by atoms with E-state index in [1.165, 1.54) is 0 Å². The third-order valence-corrected chi connectivity index (χ3v) is 3.68. The van der Waals surface area contributed by atoms with Gasteiger partial charge in [0, 0.05) is 38.3 Å². The number of aromatic nitrogens is 2. The molecular weight excluding hydrogens is 266 g/mol. The van der Waals surface area contributed by atoms with E-state index in [0.29, 0.717) is 5.92 Å². The van der Waals surface area contributed by atoms with Gasteiger partial charge in [-0.15, -0.1) is 0 Å². The molecule has 1 aromatic heterocycles. The maximum Gasteiger partial charge on any atom is 0.226 e. The smallest absolute Gasteiger partial charge is 0.226 e. The van der Waals surface area contributed by atoms with Crippen LogP contribution in [0.3, 0.4) is 0 Å². The number of anilines is 1. The molecule has 21 heavy (non-hydrogen) atoms. The third-order valence-electron chi connectivity index (χ3n) is 3.68. The molecule has 1 atom stereocenters. The van der Waals surface area contributed by atoms with E-state index in [2.05, 4.69) is 27.6 Å². The van der Waals surface area contributed by atoms with Gasteiger partial charge in [-0.05, 0) is 30.9 Å². The summed E-state index contributed by atoms with van der Waals surface area (Å²) >= 11 is 0. The number of benzene rings is 1. The number of nitrogens with one attached hydrogen (secondary N) is 1. The van der Waals surface area contributed by atoms with Crippen molar-refractivity contribution in [3.05, 3.63) is 42.0 Å². The molecule has 5 heteroatoms. The summed E-state index contributed by atoms with van der Waals surface area (Å²) in [5.41, 5.74) is 1.14. The van der Waals surface area contributed by atoms with Crippen LogP contribution in [-0.2, 0) is 17.6 Å². The first-order valence-corrected chi connectivity index (χ1v) is 7.58. The summed E-state index contributed by atoms with van der Waals surface area (Å²) in [7, 11) is 0. The van der Waals surface area contributed by atoms with E-state index in [1.54, 1.807) is 0 Å². The Kier molecular flexibility index (Phi) is 4.84. The number of aryl methyl sites for hydroxylation is 1. The SMILES string of the molecule is c1ccc(NCCCc2nc(CC3CCOC3)no2)cc1. The summed E-state index contributed by atoms with van der Waals surface area (Å²) in [6, 6.07) is 10.2. The number of hydrogen-bond acceptors (Lipinski definition) is 5. The van der Waals surface area contributed by atoms with Crippen molar-refractivity contribution in [2.45, 2.75) is 25.7 Å². The Balaban J connectivity index is 1.38. The molecule has 1 N–H and O–H groups in total. The molecule has 2 aromatic rings. The van der Waals surface area contributed by atoms with Gasteiger partial charge in [0.25, 0.3) is 0 Å². The minimum atomic E-state index is 0.551. The Morgan fingerprint density at radius 2 is 2.14 bits per heavy atom. The lowest BCUT2D eigenvalue weighted by Gasteiger charge is -2.04. The summed E-state index contributed by atoms with van der Waals surface area (Å²) in [6.07, 6.45) is 3.76. The summed E-state index contributed by atoms with van der Waals surface area (Å²) in [5.74, 6) is 2.10. The second-order valence-electron chi connectivity index (χ2n) is 5.43. The topological polar surface area (TPSA) is 60.2 Å². The van der Waals surface area contributed by atoms with Crippen molar-refractivity contribution in [1.82, 2.24) is 10.1 Å². The molecule has 3 rings (SSSR count). The van der Waals surface area contributed by atoms with Crippen LogP contribution in [0.15, 0.2) is 34.9 Å². The van der Waals surface area contributed by atoms with Crippen LogP contribution in [0.1, 0.15) is 24.6 Å². The Bertz CT molecular complexity index is 535. The molecule has 0 amide bonds. The Hall–Kier alpha value is -1.88. The van der Waals surface area contributed by atoms with E-state index in [0.717, 1.165) is 62.8 Å². The highest BCUT2D eigenvalue weighted by molar-refractivity contribution is 5.42. The summed E-state index contributed by atoms with van der Waals surface area (Å²) < 4.78 is 10.7. The van der Waals surface area contributed by atoms with Gasteiger partial charge in [0.05, 0.1) is 0 Å². The van der Waals surface area contributed by atoms with Crippen molar-refractivity contribution < 1.29 is 9.26 Å². The number of ether oxygens (including phenoxy) is 1. The van der Waals surface area contributed by atoms with Crippen LogP contribution in [0, 0.1) is 5.92 Å². The van der Waals surface area contributed by atoms with Crippen LogP contribution in [0.5, 0.6) is 0 Å². The lowest BCUT2D eigenvalue weighted by atomic mass is 10.1. The maximum atomic E-state index is 5.36. The van der Waals surface area contributed by atoms with Crippen molar-refractivity contribution in [1.29, 1.82) is 0 Å². The van der Waals surface area contributed by atoms with Crippen molar-refractivity contribution in [2.75, 3.05) is 25.1 Å². The average Bonchev–Trinajstić information content (AvgIpc) is 3.17. The molecule has 0 radical (unpaired) electrons. The number of nitrogens with zero attached hydrogens (tertiary/aromatic N) is 2. The van der Waals surface area contributed by atoms with Gasteiger partial charge in [0.15, 0.2) is 5.82 Å². The molecule has 2 heterocycles. The van der Waals surface area contributed by atoms with Crippen LogP contribution in [0.25, 0.3) is 0 Å². The minimum Gasteiger partial charge on any atom is -0.385 e. The van der Waals surface area contributed by atoms with E-state index in [4.69, 9.17) is 9.26 Å². The van der Waals surface area contributed by atoms with Gasteiger partial charge in [-0.25, -0.2) is 0 Å². The van der Waals surface area contributed by atoms with Crippen molar-refractivity contribution >= 4 is 5.69 Å². The molecule has 1 aliphatic rings. The Morgan fingerprint density at radius 3 is 2.95 bits per heavy atom. The maximum absolute atomic E-state index is 5.36. The van der Waals surface area contributed by atoms with E-state index in [1.807, 2.05) is 18.2 Å². The van der Waals surface area contributed by atoms with Gasteiger partial charge in [-0.3, -0.25) is 0 Å². The van der Waals surface area contributed by atoms with Crippen LogP contribution in [0.4, 0.5) is 5.69 Å². The second kappa shape index (κ2) is 7.22. The largest absolute Gasteiger partial charge is 0.385 e. The van der Waals surface area contributed by atoms with Crippen LogP contribution < -0.4 is 5.32 Å². The normalized spacial score (nSPS) is 18.0. The number of rotatable bonds is 7. The van der Waals surface area contributed by atoms with Gasteiger partial charge in [-0.1, -0.05) is 23.4 Å². The molecule has 0 saturated carbocycles. The minimum absolute atomic E-state index is 0.551. The zero-order valence-electron chi connectivity index (χ0n) is 12.1.